The van der Waals surface area contributed by atoms with Crippen LogP contribution in [0.4, 0.5) is 0 Å². The molecule has 0 saturated carbocycles. The van der Waals surface area contributed by atoms with Gasteiger partial charge in [0.25, 0.3) is 0 Å². The minimum absolute atomic E-state index is 0.108. The Balaban J connectivity index is 1.57. The maximum absolute atomic E-state index is 10.5. The first-order valence-corrected chi connectivity index (χ1v) is 11.9. The van der Waals surface area contributed by atoms with Crippen LogP contribution in [-0.4, -0.2) is 47.9 Å². The zero-order chi connectivity index (χ0) is 27.4. The molecular formula is C29H21N5O5. The molecule has 39 heavy (non-hydrogen) atoms. The Kier molecular flexibility index (Phi) is 5.29. The summed E-state index contributed by atoms with van der Waals surface area (Å²) >= 11 is 0. The van der Waals surface area contributed by atoms with E-state index >= 15 is 0 Å². The molecule has 6 rings (SSSR count). The predicted molar refractivity (Wildman–Crippen MR) is 146 cm³/mol. The molecular weight excluding hydrogens is 498 g/mol. The molecule has 0 radical (unpaired) electrons. The van der Waals surface area contributed by atoms with Gasteiger partial charge in [-0.2, -0.15) is 5.26 Å². The molecule has 0 spiro atoms. The Hall–Kier alpha value is -5.69. The average molecular weight is 520 g/mol. The first kappa shape index (κ1) is 23.7. The van der Waals surface area contributed by atoms with Crippen molar-refractivity contribution in [3.63, 3.8) is 0 Å². The van der Waals surface area contributed by atoms with Crippen molar-refractivity contribution in [1.82, 2.24) is 9.88 Å². The smallest absolute Gasteiger partial charge is 0.208 e. The SMILES string of the molecule is CC1N=C(c2cc(C#N)ccc2-n2c3ccccc3c3ccccc32)NC(c2c(O)c(O)c(O)c(O)c2O)=N1. The van der Waals surface area contributed by atoms with Crippen LogP contribution >= 0.6 is 0 Å². The van der Waals surface area contributed by atoms with E-state index < -0.39 is 40.5 Å². The molecule has 192 valence electrons. The van der Waals surface area contributed by atoms with Gasteiger partial charge in [-0.15, -0.1) is 0 Å². The summed E-state index contributed by atoms with van der Waals surface area (Å²) in [4.78, 5) is 8.93. The van der Waals surface area contributed by atoms with Gasteiger partial charge in [0.05, 0.1) is 28.4 Å². The van der Waals surface area contributed by atoms with Gasteiger partial charge in [0.15, 0.2) is 11.5 Å². The molecule has 1 atom stereocenters. The van der Waals surface area contributed by atoms with Crippen molar-refractivity contribution in [2.45, 2.75) is 13.1 Å². The molecule has 4 aromatic carbocycles. The fraction of sp³-hybridized carbons (Fsp3) is 0.0690. The summed E-state index contributed by atoms with van der Waals surface area (Å²) < 4.78 is 2.06. The van der Waals surface area contributed by atoms with Crippen molar-refractivity contribution in [2.75, 3.05) is 0 Å². The molecule has 0 fully saturated rings. The van der Waals surface area contributed by atoms with Gasteiger partial charge < -0.3 is 35.4 Å². The van der Waals surface area contributed by atoms with Crippen molar-refractivity contribution in [3.8, 4) is 40.5 Å². The standard InChI is InChI=1S/C29H21N5O5/c1-14-31-28(33-29(32-14)22-23(35)25(37)27(39)26(38)24(22)36)18-12-15(13-30)10-11-21(18)34-19-8-4-2-6-16(19)17-7-3-5-9-20(17)34/h2-12,14,35-39H,1H3,(H,31,32,33). The number of phenolic OH excluding ortho intramolecular Hbond substituents is 5. The number of nitrogens with zero attached hydrogens (tertiary/aromatic N) is 4. The number of nitriles is 1. The number of hydrogen-bond acceptors (Lipinski definition) is 9. The normalized spacial score (nSPS) is 15.0. The van der Waals surface area contributed by atoms with Gasteiger partial charge in [-0.1, -0.05) is 36.4 Å². The number of benzene rings is 4. The summed E-state index contributed by atoms with van der Waals surface area (Å²) in [7, 11) is 0. The highest BCUT2D eigenvalue weighted by Crippen LogP contribution is 2.51. The fourth-order valence-corrected chi connectivity index (χ4v) is 4.93. The molecule has 1 unspecified atom stereocenters. The topological polar surface area (TPSA) is 167 Å². The second-order valence-corrected chi connectivity index (χ2v) is 9.04. The highest BCUT2D eigenvalue weighted by atomic mass is 16.4. The Morgan fingerprint density at radius 1 is 0.744 bits per heavy atom. The molecule has 5 aromatic rings. The van der Waals surface area contributed by atoms with Crippen LogP contribution < -0.4 is 5.32 Å². The molecule has 1 aliphatic heterocycles. The Morgan fingerprint density at radius 3 is 1.87 bits per heavy atom. The molecule has 0 amide bonds. The number of nitrogens with one attached hydrogen (secondary N) is 1. The second kappa shape index (κ2) is 8.71. The molecule has 10 nitrogen and oxygen atoms in total. The van der Waals surface area contributed by atoms with Gasteiger partial charge >= 0.3 is 0 Å². The van der Waals surface area contributed by atoms with Crippen molar-refractivity contribution < 1.29 is 25.5 Å². The van der Waals surface area contributed by atoms with E-state index in [2.05, 4.69) is 25.9 Å². The van der Waals surface area contributed by atoms with E-state index in [-0.39, 0.29) is 11.7 Å². The van der Waals surface area contributed by atoms with Gasteiger partial charge in [0, 0.05) is 16.3 Å². The fourth-order valence-electron chi connectivity index (χ4n) is 4.93. The molecule has 2 heterocycles. The van der Waals surface area contributed by atoms with Crippen LogP contribution in [0.25, 0.3) is 27.5 Å². The number of hydrogen-bond donors (Lipinski definition) is 6. The minimum Gasteiger partial charge on any atom is -0.504 e. The highest BCUT2D eigenvalue weighted by Gasteiger charge is 2.30. The quantitative estimate of drug-likeness (QED) is 0.152. The first-order chi connectivity index (χ1) is 18.8. The van der Waals surface area contributed by atoms with Crippen LogP contribution in [0.3, 0.4) is 0 Å². The van der Waals surface area contributed by atoms with Crippen molar-refractivity contribution in [3.05, 3.63) is 83.4 Å². The molecule has 1 aliphatic rings. The lowest BCUT2D eigenvalue weighted by molar-refractivity contribution is 0.327. The van der Waals surface area contributed by atoms with Crippen molar-refractivity contribution in [1.29, 1.82) is 5.26 Å². The maximum atomic E-state index is 10.5. The van der Waals surface area contributed by atoms with E-state index in [1.54, 1.807) is 19.1 Å². The lowest BCUT2D eigenvalue weighted by Gasteiger charge is -2.23. The summed E-state index contributed by atoms with van der Waals surface area (Å²) in [5, 5.41) is 65.8. The van der Waals surface area contributed by atoms with E-state index in [1.165, 1.54) is 0 Å². The van der Waals surface area contributed by atoms with Crippen LogP contribution in [0.15, 0.2) is 76.7 Å². The highest BCUT2D eigenvalue weighted by molar-refractivity contribution is 6.20. The third-order valence-electron chi connectivity index (χ3n) is 6.68. The maximum Gasteiger partial charge on any atom is 0.208 e. The van der Waals surface area contributed by atoms with E-state index in [0.717, 1.165) is 21.8 Å². The third kappa shape index (κ3) is 3.56. The number of amidine groups is 2. The van der Waals surface area contributed by atoms with E-state index in [1.807, 2.05) is 54.6 Å². The molecule has 1 aromatic heterocycles. The summed E-state index contributed by atoms with van der Waals surface area (Å²) in [6.45, 7) is 1.67. The van der Waals surface area contributed by atoms with Gasteiger partial charge in [0.2, 0.25) is 17.2 Å². The number of fused-ring (bicyclic) bond motifs is 3. The van der Waals surface area contributed by atoms with Crippen LogP contribution in [-0.2, 0) is 0 Å². The zero-order valence-corrected chi connectivity index (χ0v) is 20.5. The number of rotatable bonds is 3. The lowest BCUT2D eigenvalue weighted by Crippen LogP contribution is -2.37. The number of aromatic nitrogens is 1. The molecule has 0 aliphatic carbocycles. The van der Waals surface area contributed by atoms with Crippen LogP contribution in [0.1, 0.15) is 23.6 Å². The number of aliphatic imine (C=N–C) groups is 2. The van der Waals surface area contributed by atoms with Crippen LogP contribution in [0.2, 0.25) is 0 Å². The van der Waals surface area contributed by atoms with Gasteiger partial charge in [0.1, 0.15) is 23.4 Å². The number of aromatic hydroxyl groups is 5. The Labute approximate surface area is 221 Å². The van der Waals surface area contributed by atoms with Crippen molar-refractivity contribution in [2.24, 2.45) is 9.98 Å². The summed E-state index contributed by atoms with van der Waals surface area (Å²) in [6, 6.07) is 23.3. The summed E-state index contributed by atoms with van der Waals surface area (Å²) in [6.07, 6.45) is -0.718. The minimum atomic E-state index is -1.07. The number of phenols is 5. The second-order valence-electron chi connectivity index (χ2n) is 9.04. The van der Waals surface area contributed by atoms with Gasteiger partial charge in [-0.05, 0) is 37.3 Å². The Bertz CT molecular complexity index is 1850. The first-order valence-electron chi connectivity index (χ1n) is 11.9. The number of para-hydroxylation sites is 2. The third-order valence-corrected chi connectivity index (χ3v) is 6.68. The average Bonchev–Trinajstić information content (AvgIpc) is 3.29. The van der Waals surface area contributed by atoms with E-state index in [4.69, 9.17) is 0 Å². The molecule has 0 bridgehead atoms. The van der Waals surface area contributed by atoms with E-state index in [0.29, 0.717) is 16.8 Å². The predicted octanol–water partition coefficient (Wildman–Crippen LogP) is 4.33. The van der Waals surface area contributed by atoms with Crippen LogP contribution in [0, 0.1) is 11.3 Å². The lowest BCUT2D eigenvalue weighted by atomic mass is 10.0. The zero-order valence-electron chi connectivity index (χ0n) is 20.5. The van der Waals surface area contributed by atoms with Crippen LogP contribution in [0.5, 0.6) is 28.7 Å². The summed E-state index contributed by atoms with van der Waals surface area (Å²) in [5.74, 6) is -4.69. The van der Waals surface area contributed by atoms with Gasteiger partial charge in [-0.3, -0.25) is 0 Å². The molecule has 0 saturated heterocycles. The largest absolute Gasteiger partial charge is 0.504 e. The molecule has 6 N–H and O–H groups in total. The van der Waals surface area contributed by atoms with Gasteiger partial charge in [-0.25, -0.2) is 9.98 Å². The molecule has 10 heteroatoms. The summed E-state index contributed by atoms with van der Waals surface area (Å²) in [5.41, 5.74) is 3.07. The Morgan fingerprint density at radius 2 is 1.28 bits per heavy atom. The van der Waals surface area contributed by atoms with E-state index in [9.17, 15) is 30.8 Å². The monoisotopic (exact) mass is 519 g/mol. The van der Waals surface area contributed by atoms with Crippen molar-refractivity contribution >= 4 is 33.5 Å².